The number of nitrogens with zero attached hydrogens (tertiary/aromatic N) is 1. The van der Waals surface area contributed by atoms with E-state index in [0.717, 1.165) is 32.0 Å². The predicted octanol–water partition coefficient (Wildman–Crippen LogP) is 2.07. The summed E-state index contributed by atoms with van der Waals surface area (Å²) >= 11 is 0. The standard InChI is InChI=1S/C16H26N2O2/c1-4-18-9-10-20-15(12-17-3)16(18)13-7-6-8-14(11-13)19-5-2/h6-8,11,15-17H,4-5,9-10,12H2,1-3H3. The molecule has 0 amide bonds. The van der Waals surface area contributed by atoms with Gasteiger partial charge in [0.2, 0.25) is 0 Å². The molecule has 4 heteroatoms. The topological polar surface area (TPSA) is 33.7 Å². The van der Waals surface area contributed by atoms with E-state index in [1.54, 1.807) is 0 Å². The highest BCUT2D eigenvalue weighted by atomic mass is 16.5. The summed E-state index contributed by atoms with van der Waals surface area (Å²) in [6.07, 6.45) is 0.186. The molecular formula is C16H26N2O2. The fraction of sp³-hybridized carbons (Fsp3) is 0.625. The first-order valence-corrected chi connectivity index (χ1v) is 7.53. The molecule has 112 valence electrons. The van der Waals surface area contributed by atoms with Crippen molar-refractivity contribution < 1.29 is 9.47 Å². The van der Waals surface area contributed by atoms with E-state index in [4.69, 9.17) is 9.47 Å². The largest absolute Gasteiger partial charge is 0.494 e. The monoisotopic (exact) mass is 278 g/mol. The SMILES string of the molecule is CCOc1cccc(C2C(CNC)OCCN2CC)c1. The zero-order chi connectivity index (χ0) is 14.4. The Kier molecular flexibility index (Phi) is 5.83. The van der Waals surface area contributed by atoms with E-state index in [-0.39, 0.29) is 6.10 Å². The van der Waals surface area contributed by atoms with Crippen molar-refractivity contribution in [2.45, 2.75) is 26.0 Å². The van der Waals surface area contributed by atoms with Crippen LogP contribution in [0, 0.1) is 0 Å². The Balaban J connectivity index is 2.25. The van der Waals surface area contributed by atoms with E-state index in [2.05, 4.69) is 35.3 Å². The van der Waals surface area contributed by atoms with Crippen molar-refractivity contribution >= 4 is 0 Å². The smallest absolute Gasteiger partial charge is 0.119 e. The Morgan fingerprint density at radius 2 is 2.25 bits per heavy atom. The number of ether oxygens (including phenoxy) is 2. The maximum atomic E-state index is 5.97. The third-order valence-corrected chi connectivity index (χ3v) is 3.78. The van der Waals surface area contributed by atoms with Gasteiger partial charge >= 0.3 is 0 Å². The van der Waals surface area contributed by atoms with Gasteiger partial charge in [-0.25, -0.2) is 0 Å². The average Bonchev–Trinajstić information content (AvgIpc) is 2.48. The first kappa shape index (κ1) is 15.3. The molecule has 1 fully saturated rings. The van der Waals surface area contributed by atoms with Crippen LogP contribution < -0.4 is 10.1 Å². The number of hydrogen-bond acceptors (Lipinski definition) is 4. The second-order valence-corrected chi connectivity index (χ2v) is 5.05. The molecule has 2 rings (SSSR count). The molecule has 1 aliphatic heterocycles. The van der Waals surface area contributed by atoms with Crippen molar-refractivity contribution in [2.24, 2.45) is 0 Å². The van der Waals surface area contributed by atoms with Crippen LogP contribution in [0.3, 0.4) is 0 Å². The summed E-state index contributed by atoms with van der Waals surface area (Å²) in [6, 6.07) is 8.70. The van der Waals surface area contributed by atoms with Crippen LogP contribution >= 0.6 is 0 Å². The molecule has 2 unspecified atom stereocenters. The number of hydrogen-bond donors (Lipinski definition) is 1. The van der Waals surface area contributed by atoms with E-state index in [9.17, 15) is 0 Å². The molecule has 0 saturated carbocycles. The Morgan fingerprint density at radius 3 is 2.95 bits per heavy atom. The van der Waals surface area contributed by atoms with Crippen LogP contribution in [0.4, 0.5) is 0 Å². The molecule has 0 spiro atoms. The molecule has 1 aromatic rings. The lowest BCUT2D eigenvalue weighted by Gasteiger charge is -2.41. The lowest BCUT2D eigenvalue weighted by molar-refractivity contribution is -0.0687. The number of likely N-dealkylation sites (N-methyl/N-ethyl adjacent to an activating group) is 2. The summed E-state index contributed by atoms with van der Waals surface area (Å²) < 4.78 is 11.6. The van der Waals surface area contributed by atoms with Crippen molar-refractivity contribution in [1.82, 2.24) is 10.2 Å². The third-order valence-electron chi connectivity index (χ3n) is 3.78. The molecular weight excluding hydrogens is 252 g/mol. The highest BCUT2D eigenvalue weighted by Crippen LogP contribution is 2.31. The van der Waals surface area contributed by atoms with Crippen molar-refractivity contribution in [3.63, 3.8) is 0 Å². The van der Waals surface area contributed by atoms with Gasteiger partial charge in [-0.15, -0.1) is 0 Å². The molecule has 0 aliphatic carbocycles. The van der Waals surface area contributed by atoms with Gasteiger partial charge in [0.05, 0.1) is 25.4 Å². The molecule has 1 heterocycles. The van der Waals surface area contributed by atoms with Gasteiger partial charge in [-0.3, -0.25) is 4.90 Å². The zero-order valence-electron chi connectivity index (χ0n) is 12.8. The second-order valence-electron chi connectivity index (χ2n) is 5.05. The lowest BCUT2D eigenvalue weighted by Crippen LogP contribution is -2.48. The summed E-state index contributed by atoms with van der Waals surface area (Å²) in [5.41, 5.74) is 1.28. The van der Waals surface area contributed by atoms with Crippen molar-refractivity contribution in [1.29, 1.82) is 0 Å². The molecule has 20 heavy (non-hydrogen) atoms. The van der Waals surface area contributed by atoms with Gasteiger partial charge in [-0.2, -0.15) is 0 Å². The molecule has 2 atom stereocenters. The van der Waals surface area contributed by atoms with Gasteiger partial charge in [-0.1, -0.05) is 19.1 Å². The summed E-state index contributed by atoms with van der Waals surface area (Å²) in [4.78, 5) is 2.48. The molecule has 1 saturated heterocycles. The summed E-state index contributed by atoms with van der Waals surface area (Å²) in [5, 5.41) is 3.24. The fourth-order valence-electron chi connectivity index (χ4n) is 2.89. The fourth-order valence-corrected chi connectivity index (χ4v) is 2.89. The van der Waals surface area contributed by atoms with Crippen LogP contribution in [0.25, 0.3) is 0 Å². The van der Waals surface area contributed by atoms with E-state index in [0.29, 0.717) is 12.6 Å². The summed E-state index contributed by atoms with van der Waals surface area (Å²) in [5.74, 6) is 0.940. The maximum absolute atomic E-state index is 5.97. The van der Waals surface area contributed by atoms with Crippen LogP contribution in [0.2, 0.25) is 0 Å². The predicted molar refractivity (Wildman–Crippen MR) is 81.3 cm³/mol. The third kappa shape index (κ3) is 3.51. The lowest BCUT2D eigenvalue weighted by atomic mass is 9.97. The number of morpholine rings is 1. The van der Waals surface area contributed by atoms with E-state index < -0.39 is 0 Å². The number of benzene rings is 1. The van der Waals surface area contributed by atoms with Gasteiger partial charge in [0, 0.05) is 13.1 Å². The van der Waals surface area contributed by atoms with Crippen LogP contribution in [0.5, 0.6) is 5.75 Å². The van der Waals surface area contributed by atoms with E-state index in [1.165, 1.54) is 5.56 Å². The van der Waals surface area contributed by atoms with Gasteiger partial charge in [0.15, 0.2) is 0 Å². The minimum Gasteiger partial charge on any atom is -0.494 e. The second kappa shape index (κ2) is 7.62. The van der Waals surface area contributed by atoms with Gasteiger partial charge in [-0.05, 0) is 38.2 Å². The van der Waals surface area contributed by atoms with Crippen molar-refractivity contribution in [3.8, 4) is 5.75 Å². The zero-order valence-corrected chi connectivity index (χ0v) is 12.8. The highest BCUT2D eigenvalue weighted by molar-refractivity contribution is 5.31. The quantitative estimate of drug-likeness (QED) is 0.863. The molecule has 4 nitrogen and oxygen atoms in total. The molecule has 0 bridgehead atoms. The van der Waals surface area contributed by atoms with E-state index in [1.807, 2.05) is 20.0 Å². The minimum atomic E-state index is 0.186. The molecule has 1 aliphatic rings. The van der Waals surface area contributed by atoms with Gasteiger partial charge in [0.1, 0.15) is 5.75 Å². The Labute approximate surface area is 122 Å². The summed E-state index contributed by atoms with van der Waals surface area (Å²) in [6.45, 7) is 8.61. The Bertz CT molecular complexity index is 409. The molecule has 0 aromatic heterocycles. The van der Waals surface area contributed by atoms with Crippen LogP contribution in [0.1, 0.15) is 25.5 Å². The molecule has 1 aromatic carbocycles. The Hall–Kier alpha value is -1.10. The molecule has 0 radical (unpaired) electrons. The molecule has 1 N–H and O–H groups in total. The maximum Gasteiger partial charge on any atom is 0.119 e. The van der Waals surface area contributed by atoms with Gasteiger partial charge in [0.25, 0.3) is 0 Å². The Morgan fingerprint density at radius 1 is 1.40 bits per heavy atom. The average molecular weight is 278 g/mol. The number of rotatable bonds is 6. The van der Waals surface area contributed by atoms with Crippen LogP contribution in [0.15, 0.2) is 24.3 Å². The van der Waals surface area contributed by atoms with Crippen LogP contribution in [-0.2, 0) is 4.74 Å². The van der Waals surface area contributed by atoms with Gasteiger partial charge < -0.3 is 14.8 Å². The summed E-state index contributed by atoms with van der Waals surface area (Å²) in [7, 11) is 1.97. The number of nitrogens with one attached hydrogen (secondary N) is 1. The normalized spacial score (nSPS) is 23.8. The van der Waals surface area contributed by atoms with Crippen molar-refractivity contribution in [3.05, 3.63) is 29.8 Å². The minimum absolute atomic E-state index is 0.186. The first-order chi connectivity index (χ1) is 9.80. The first-order valence-electron chi connectivity index (χ1n) is 7.53. The van der Waals surface area contributed by atoms with Crippen LogP contribution in [-0.4, -0.2) is 50.9 Å². The highest BCUT2D eigenvalue weighted by Gasteiger charge is 2.32. The van der Waals surface area contributed by atoms with E-state index >= 15 is 0 Å². The van der Waals surface area contributed by atoms with Crippen molar-refractivity contribution in [2.75, 3.05) is 39.9 Å².